The lowest BCUT2D eigenvalue weighted by Crippen LogP contribution is -2.04. The zero-order chi connectivity index (χ0) is 17.8. The number of aryl methyl sites for hydroxylation is 3. The van der Waals surface area contributed by atoms with Crippen molar-refractivity contribution in [2.24, 2.45) is 0 Å². The maximum absolute atomic E-state index is 5.33. The molecule has 0 amide bonds. The molecule has 1 aromatic heterocycles. The second-order valence-electron chi connectivity index (χ2n) is 5.89. The van der Waals surface area contributed by atoms with Gasteiger partial charge in [-0.1, -0.05) is 29.8 Å². The zero-order valence-corrected chi connectivity index (χ0v) is 14.8. The minimum Gasteiger partial charge on any atom is -0.495 e. The van der Waals surface area contributed by atoms with Gasteiger partial charge in [0.25, 0.3) is 0 Å². The van der Waals surface area contributed by atoms with Crippen molar-refractivity contribution >= 4 is 23.1 Å². The summed E-state index contributed by atoms with van der Waals surface area (Å²) in [6.45, 7) is 6.24. The topological polar surface area (TPSA) is 72.0 Å². The van der Waals surface area contributed by atoms with Crippen LogP contribution in [-0.4, -0.2) is 22.3 Å². The van der Waals surface area contributed by atoms with Gasteiger partial charge in [0, 0.05) is 5.69 Å². The number of aromatic nitrogens is 3. The molecule has 0 fully saturated rings. The van der Waals surface area contributed by atoms with Crippen LogP contribution in [0.1, 0.15) is 16.7 Å². The minimum absolute atomic E-state index is 0.400. The highest BCUT2D eigenvalue weighted by atomic mass is 16.5. The quantitative estimate of drug-likeness (QED) is 0.724. The molecule has 0 unspecified atom stereocenters. The van der Waals surface area contributed by atoms with Gasteiger partial charge in [0.15, 0.2) is 5.82 Å². The molecule has 3 aromatic rings. The van der Waals surface area contributed by atoms with Crippen LogP contribution >= 0.6 is 0 Å². The first-order valence-corrected chi connectivity index (χ1v) is 8.01. The van der Waals surface area contributed by atoms with Crippen molar-refractivity contribution < 1.29 is 4.74 Å². The van der Waals surface area contributed by atoms with Gasteiger partial charge in [0.2, 0.25) is 5.95 Å². The van der Waals surface area contributed by atoms with Gasteiger partial charge in [-0.25, -0.2) is 0 Å². The number of nitrogens with one attached hydrogen (secondary N) is 2. The second-order valence-corrected chi connectivity index (χ2v) is 5.89. The first-order chi connectivity index (χ1) is 12.1. The molecule has 1 heterocycles. The fourth-order valence-electron chi connectivity index (χ4n) is 2.79. The Morgan fingerprint density at radius 3 is 2.40 bits per heavy atom. The number of hydrogen-bond acceptors (Lipinski definition) is 6. The van der Waals surface area contributed by atoms with E-state index < -0.39 is 0 Å². The van der Waals surface area contributed by atoms with Crippen LogP contribution in [0, 0.1) is 20.8 Å². The lowest BCUT2D eigenvalue weighted by molar-refractivity contribution is 0.417. The van der Waals surface area contributed by atoms with Crippen LogP contribution in [0.2, 0.25) is 0 Å². The molecular formula is C19H21N5O. The number of anilines is 4. The number of ether oxygens (including phenoxy) is 1. The second kappa shape index (κ2) is 7.17. The smallest absolute Gasteiger partial charge is 0.249 e. The summed E-state index contributed by atoms with van der Waals surface area (Å²) in [7, 11) is 1.63. The summed E-state index contributed by atoms with van der Waals surface area (Å²) in [6, 6.07) is 11.9. The fraction of sp³-hybridized carbons (Fsp3) is 0.211. The van der Waals surface area contributed by atoms with Gasteiger partial charge in [-0.15, -0.1) is 5.10 Å². The van der Waals surface area contributed by atoms with Crippen molar-refractivity contribution in [3.63, 3.8) is 0 Å². The summed E-state index contributed by atoms with van der Waals surface area (Å²) in [4.78, 5) is 4.49. The Balaban J connectivity index is 1.85. The molecule has 2 N–H and O–H groups in total. The summed E-state index contributed by atoms with van der Waals surface area (Å²) in [5.41, 5.74) is 5.38. The molecule has 3 rings (SSSR count). The van der Waals surface area contributed by atoms with Gasteiger partial charge in [0.05, 0.1) is 19.0 Å². The predicted octanol–water partition coefficient (Wildman–Crippen LogP) is 4.29. The van der Waals surface area contributed by atoms with E-state index in [1.807, 2.05) is 24.3 Å². The number of rotatable bonds is 5. The number of benzene rings is 2. The molecule has 0 radical (unpaired) electrons. The first kappa shape index (κ1) is 16.7. The molecule has 0 atom stereocenters. The van der Waals surface area contributed by atoms with Crippen molar-refractivity contribution in [1.29, 1.82) is 0 Å². The van der Waals surface area contributed by atoms with E-state index in [9.17, 15) is 0 Å². The minimum atomic E-state index is 0.400. The summed E-state index contributed by atoms with van der Waals surface area (Å²) in [5, 5.41) is 14.5. The molecule has 0 saturated carbocycles. The highest BCUT2D eigenvalue weighted by Gasteiger charge is 2.08. The van der Waals surface area contributed by atoms with Crippen molar-refractivity contribution in [3.05, 3.63) is 59.3 Å². The molecule has 2 aromatic carbocycles. The van der Waals surface area contributed by atoms with Crippen molar-refractivity contribution in [3.8, 4) is 5.75 Å². The Morgan fingerprint density at radius 2 is 1.68 bits per heavy atom. The molecule has 6 heteroatoms. The van der Waals surface area contributed by atoms with Gasteiger partial charge >= 0.3 is 0 Å². The largest absolute Gasteiger partial charge is 0.495 e. The summed E-state index contributed by atoms with van der Waals surface area (Å²) in [5.74, 6) is 1.74. The van der Waals surface area contributed by atoms with E-state index in [0.717, 1.165) is 28.3 Å². The number of methoxy groups -OCH3 is 1. The average Bonchev–Trinajstić information content (AvgIpc) is 2.59. The van der Waals surface area contributed by atoms with Crippen LogP contribution in [0.25, 0.3) is 0 Å². The molecule has 0 aliphatic carbocycles. The third-order valence-corrected chi connectivity index (χ3v) is 3.84. The predicted molar refractivity (Wildman–Crippen MR) is 100 cm³/mol. The van der Waals surface area contributed by atoms with Gasteiger partial charge in [-0.05, 0) is 44.0 Å². The summed E-state index contributed by atoms with van der Waals surface area (Å²) in [6.07, 6.45) is 1.60. The van der Waals surface area contributed by atoms with Gasteiger partial charge in [0.1, 0.15) is 5.75 Å². The van der Waals surface area contributed by atoms with E-state index in [4.69, 9.17) is 4.74 Å². The van der Waals surface area contributed by atoms with E-state index >= 15 is 0 Å². The van der Waals surface area contributed by atoms with Crippen LogP contribution in [0.5, 0.6) is 5.75 Å². The Hall–Kier alpha value is -3.15. The maximum Gasteiger partial charge on any atom is 0.249 e. The van der Waals surface area contributed by atoms with Gasteiger partial charge in [-0.3, -0.25) is 0 Å². The molecule has 0 spiro atoms. The molecule has 0 bridgehead atoms. The third-order valence-electron chi connectivity index (χ3n) is 3.84. The van der Waals surface area contributed by atoms with Crippen LogP contribution < -0.4 is 15.4 Å². The van der Waals surface area contributed by atoms with E-state index in [-0.39, 0.29) is 0 Å². The lowest BCUT2D eigenvalue weighted by atomic mass is 10.1. The van der Waals surface area contributed by atoms with Gasteiger partial charge < -0.3 is 15.4 Å². The highest BCUT2D eigenvalue weighted by Crippen LogP contribution is 2.27. The molecule has 0 aliphatic heterocycles. The van der Waals surface area contributed by atoms with Gasteiger partial charge in [-0.2, -0.15) is 10.1 Å². The molecular weight excluding hydrogens is 314 g/mol. The zero-order valence-electron chi connectivity index (χ0n) is 14.8. The molecule has 25 heavy (non-hydrogen) atoms. The Bertz CT molecular complexity index is 871. The Labute approximate surface area is 147 Å². The van der Waals surface area contributed by atoms with Crippen LogP contribution in [0.3, 0.4) is 0 Å². The number of hydrogen-bond donors (Lipinski definition) is 2. The number of para-hydroxylation sites is 2. The fourth-order valence-corrected chi connectivity index (χ4v) is 2.79. The Morgan fingerprint density at radius 1 is 0.960 bits per heavy atom. The van der Waals surface area contributed by atoms with Crippen molar-refractivity contribution in [2.45, 2.75) is 20.8 Å². The van der Waals surface area contributed by atoms with E-state index in [0.29, 0.717) is 11.8 Å². The van der Waals surface area contributed by atoms with Crippen molar-refractivity contribution in [2.75, 3.05) is 17.7 Å². The van der Waals surface area contributed by atoms with Crippen LogP contribution in [0.4, 0.5) is 23.1 Å². The van der Waals surface area contributed by atoms with E-state index in [1.54, 1.807) is 13.3 Å². The first-order valence-electron chi connectivity index (χ1n) is 8.01. The summed E-state index contributed by atoms with van der Waals surface area (Å²) < 4.78 is 5.33. The molecule has 6 nitrogen and oxygen atoms in total. The molecule has 0 saturated heterocycles. The highest BCUT2D eigenvalue weighted by molar-refractivity contribution is 5.66. The third kappa shape index (κ3) is 3.85. The molecule has 0 aliphatic rings. The normalized spacial score (nSPS) is 10.4. The van der Waals surface area contributed by atoms with E-state index in [2.05, 4.69) is 58.7 Å². The van der Waals surface area contributed by atoms with Crippen molar-refractivity contribution in [1.82, 2.24) is 15.2 Å². The number of nitrogens with zero attached hydrogens (tertiary/aromatic N) is 3. The van der Waals surface area contributed by atoms with Crippen LogP contribution in [-0.2, 0) is 0 Å². The average molecular weight is 335 g/mol. The SMILES string of the molecule is COc1ccccc1Nc1nncc(Nc2c(C)cc(C)cc2C)n1. The lowest BCUT2D eigenvalue weighted by Gasteiger charge is -2.14. The van der Waals surface area contributed by atoms with Crippen LogP contribution in [0.15, 0.2) is 42.6 Å². The standard InChI is InChI=1S/C19H21N5O/c1-12-9-13(2)18(14(3)10-12)22-17-11-20-24-19(23-17)21-15-7-5-6-8-16(15)25-4/h5-11H,1-4H3,(H2,21,22,23,24). The Kier molecular flexibility index (Phi) is 4.79. The maximum atomic E-state index is 5.33. The van der Waals surface area contributed by atoms with E-state index in [1.165, 1.54) is 5.56 Å². The summed E-state index contributed by atoms with van der Waals surface area (Å²) >= 11 is 0. The monoisotopic (exact) mass is 335 g/mol. The molecule has 128 valence electrons.